The van der Waals surface area contributed by atoms with E-state index in [4.69, 9.17) is 1.37 Å². The lowest BCUT2D eigenvalue weighted by Gasteiger charge is -1.91. The first-order chi connectivity index (χ1) is 6.22. The summed E-state index contributed by atoms with van der Waals surface area (Å²) in [5.41, 5.74) is 0.161. The van der Waals surface area contributed by atoms with Gasteiger partial charge in [-0.1, -0.05) is 0 Å². The van der Waals surface area contributed by atoms with Crippen LogP contribution in [0.4, 0.5) is 0 Å². The van der Waals surface area contributed by atoms with Crippen molar-refractivity contribution in [2.45, 2.75) is 18.8 Å². The Hall–Kier alpha value is -0.900. The quantitative estimate of drug-likeness (QED) is 0.658. The summed E-state index contributed by atoms with van der Waals surface area (Å²) < 4.78 is 12.0. The van der Waals surface area contributed by atoms with Crippen LogP contribution in [-0.4, -0.2) is 18.1 Å². The Kier molecular flexibility index (Phi) is 1.57. The van der Waals surface area contributed by atoms with Crippen LogP contribution in [0, 0.1) is 0 Å². The summed E-state index contributed by atoms with van der Waals surface area (Å²) in [5, 5.41) is 1.12. The minimum atomic E-state index is -0.506. The van der Waals surface area contributed by atoms with Gasteiger partial charge in [0.1, 0.15) is 0 Å². The lowest BCUT2D eigenvalue weighted by Crippen LogP contribution is -2.01. The summed E-state index contributed by atoms with van der Waals surface area (Å²) >= 11 is 1.28. The molecule has 0 spiro atoms. The van der Waals surface area contributed by atoms with E-state index in [2.05, 4.69) is 9.72 Å². The van der Waals surface area contributed by atoms with Crippen molar-refractivity contribution >= 4 is 17.3 Å². The van der Waals surface area contributed by atoms with Gasteiger partial charge in [0.15, 0.2) is 5.69 Å². The molecule has 1 aromatic rings. The molecule has 4 heteroatoms. The highest BCUT2D eigenvalue weighted by molar-refractivity contribution is 7.10. The van der Waals surface area contributed by atoms with Crippen LogP contribution < -0.4 is 0 Å². The number of esters is 1. The molecule has 0 atom stereocenters. The predicted molar refractivity (Wildman–Crippen MR) is 45.4 cm³/mol. The third kappa shape index (κ3) is 1.34. The van der Waals surface area contributed by atoms with E-state index in [1.54, 1.807) is 0 Å². The highest BCUT2D eigenvalue weighted by atomic mass is 32.1. The maximum Gasteiger partial charge on any atom is 0.357 e. The van der Waals surface area contributed by atoms with Crippen molar-refractivity contribution in [3.8, 4) is 0 Å². The largest absolute Gasteiger partial charge is 0.464 e. The van der Waals surface area contributed by atoms with Gasteiger partial charge < -0.3 is 4.74 Å². The number of methoxy groups -OCH3 is 1. The lowest BCUT2D eigenvalue weighted by molar-refractivity contribution is 0.0595. The molecule has 12 heavy (non-hydrogen) atoms. The molecular weight excluding hydrogens is 174 g/mol. The van der Waals surface area contributed by atoms with Gasteiger partial charge in [-0.05, 0) is 12.8 Å². The average molecular weight is 184 g/mol. The van der Waals surface area contributed by atoms with E-state index in [0.717, 1.165) is 17.8 Å². The molecule has 0 amide bonds. The maximum atomic E-state index is 11.1. The first-order valence-corrected chi connectivity index (χ1v) is 4.59. The Balaban J connectivity index is 2.29. The minimum absolute atomic E-state index is 0.161. The molecule has 2 rings (SSSR count). The number of rotatable bonds is 2. The summed E-state index contributed by atoms with van der Waals surface area (Å²) in [4.78, 5) is 15.2. The number of hydrogen-bond acceptors (Lipinski definition) is 4. The lowest BCUT2D eigenvalue weighted by atomic mass is 10.4. The number of thiazole rings is 1. The molecule has 1 aromatic heterocycles. The van der Waals surface area contributed by atoms with E-state index in [0.29, 0.717) is 5.92 Å². The SMILES string of the molecule is [2H]c1sc(C2CC2)nc1C(=O)OC. The molecule has 0 saturated heterocycles. The summed E-state index contributed by atoms with van der Waals surface area (Å²) in [7, 11) is 1.30. The van der Waals surface area contributed by atoms with Crippen LogP contribution in [0.2, 0.25) is 0 Å². The second-order valence-electron chi connectivity index (χ2n) is 2.77. The fraction of sp³-hybridized carbons (Fsp3) is 0.500. The number of nitrogens with zero attached hydrogens (tertiary/aromatic N) is 1. The Morgan fingerprint density at radius 3 is 3.25 bits per heavy atom. The van der Waals surface area contributed by atoms with Gasteiger partial charge in [-0.3, -0.25) is 0 Å². The van der Waals surface area contributed by atoms with E-state index in [1.165, 1.54) is 18.4 Å². The van der Waals surface area contributed by atoms with Gasteiger partial charge in [-0.25, -0.2) is 9.78 Å². The van der Waals surface area contributed by atoms with Gasteiger partial charge in [-0.15, -0.1) is 11.3 Å². The zero-order valence-electron chi connectivity index (χ0n) is 7.66. The topological polar surface area (TPSA) is 39.2 Å². The zero-order chi connectivity index (χ0) is 9.42. The predicted octanol–water partition coefficient (Wildman–Crippen LogP) is 1.81. The molecule has 0 N–H and O–H groups in total. The molecule has 0 unspecified atom stereocenters. The van der Waals surface area contributed by atoms with Crippen LogP contribution in [0.25, 0.3) is 0 Å². The number of ether oxygens (including phenoxy) is 1. The van der Waals surface area contributed by atoms with Gasteiger partial charge in [0, 0.05) is 11.3 Å². The average Bonchev–Trinajstić information content (AvgIpc) is 2.89. The fourth-order valence-electron chi connectivity index (χ4n) is 0.945. The van der Waals surface area contributed by atoms with Crippen molar-refractivity contribution in [3.05, 3.63) is 16.1 Å². The second kappa shape index (κ2) is 2.86. The van der Waals surface area contributed by atoms with Crippen LogP contribution >= 0.6 is 11.3 Å². The van der Waals surface area contributed by atoms with Crippen LogP contribution in [0.3, 0.4) is 0 Å². The van der Waals surface area contributed by atoms with Gasteiger partial charge in [0.2, 0.25) is 0 Å². The molecule has 1 aliphatic rings. The molecule has 0 aliphatic heterocycles. The van der Waals surface area contributed by atoms with Gasteiger partial charge >= 0.3 is 5.97 Å². The summed E-state index contributed by atoms with van der Waals surface area (Å²) in [6.07, 6.45) is 2.27. The number of carbonyl (C=O) groups excluding carboxylic acids is 1. The fourth-order valence-corrected chi connectivity index (χ4v) is 1.81. The van der Waals surface area contributed by atoms with E-state index in [1.807, 2.05) is 0 Å². The van der Waals surface area contributed by atoms with E-state index >= 15 is 0 Å². The smallest absolute Gasteiger partial charge is 0.357 e. The van der Waals surface area contributed by atoms with E-state index in [9.17, 15) is 4.79 Å². The molecule has 1 fully saturated rings. The molecular formula is C8H9NO2S. The van der Waals surface area contributed by atoms with E-state index in [-0.39, 0.29) is 11.1 Å². The van der Waals surface area contributed by atoms with E-state index < -0.39 is 5.97 Å². The number of hydrogen-bond donors (Lipinski definition) is 0. The van der Waals surface area contributed by atoms with Crippen LogP contribution in [-0.2, 0) is 4.74 Å². The summed E-state index contributed by atoms with van der Waals surface area (Å²) in [6.45, 7) is 0. The first-order valence-electron chi connectivity index (χ1n) is 4.28. The monoisotopic (exact) mass is 184 g/mol. The van der Waals surface area contributed by atoms with Crippen molar-refractivity contribution in [2.24, 2.45) is 0 Å². The highest BCUT2D eigenvalue weighted by Gasteiger charge is 2.27. The molecule has 0 radical (unpaired) electrons. The molecule has 1 saturated carbocycles. The van der Waals surface area contributed by atoms with Crippen LogP contribution in [0.5, 0.6) is 0 Å². The van der Waals surface area contributed by atoms with Crippen molar-refractivity contribution in [1.82, 2.24) is 4.98 Å². The molecule has 3 nitrogen and oxygen atoms in total. The molecule has 64 valence electrons. The summed E-state index contributed by atoms with van der Waals surface area (Å²) in [5.74, 6) is -0.0133. The number of aromatic nitrogens is 1. The van der Waals surface area contributed by atoms with Gasteiger partial charge in [-0.2, -0.15) is 0 Å². The third-order valence-corrected chi connectivity index (χ3v) is 2.71. The summed E-state index contributed by atoms with van der Waals surface area (Å²) in [6, 6.07) is 0. The molecule has 0 bridgehead atoms. The first kappa shape index (κ1) is 6.60. The second-order valence-corrected chi connectivity index (χ2v) is 3.60. The normalized spacial score (nSPS) is 17.2. The Labute approximate surface area is 75.8 Å². The van der Waals surface area contributed by atoms with Crippen molar-refractivity contribution in [2.75, 3.05) is 7.11 Å². The molecule has 1 heterocycles. The Morgan fingerprint density at radius 2 is 2.67 bits per heavy atom. The molecule has 0 aromatic carbocycles. The van der Waals surface area contributed by atoms with Crippen molar-refractivity contribution in [3.63, 3.8) is 0 Å². The third-order valence-electron chi connectivity index (χ3n) is 1.78. The van der Waals surface area contributed by atoms with Crippen molar-refractivity contribution < 1.29 is 10.9 Å². The molecule has 1 aliphatic carbocycles. The zero-order valence-corrected chi connectivity index (χ0v) is 7.48. The Morgan fingerprint density at radius 1 is 1.92 bits per heavy atom. The Bertz CT molecular complexity index is 346. The van der Waals surface area contributed by atoms with Gasteiger partial charge in [0.05, 0.1) is 13.5 Å². The van der Waals surface area contributed by atoms with Crippen LogP contribution in [0.15, 0.2) is 5.36 Å². The van der Waals surface area contributed by atoms with Crippen LogP contribution in [0.1, 0.15) is 35.6 Å². The highest BCUT2D eigenvalue weighted by Crippen LogP contribution is 2.41. The standard InChI is InChI=1S/C8H9NO2S/c1-11-8(10)6-4-12-7(9-6)5-2-3-5/h4-5H,2-3H2,1H3/i4D. The van der Waals surface area contributed by atoms with Gasteiger partial charge in [0.25, 0.3) is 0 Å². The number of carbonyl (C=O) groups is 1. The maximum absolute atomic E-state index is 11.1. The van der Waals surface area contributed by atoms with Crippen molar-refractivity contribution in [1.29, 1.82) is 0 Å². The minimum Gasteiger partial charge on any atom is -0.464 e.